The van der Waals surface area contributed by atoms with Crippen molar-refractivity contribution in [3.05, 3.63) is 59.7 Å². The lowest BCUT2D eigenvalue weighted by Gasteiger charge is -2.13. The summed E-state index contributed by atoms with van der Waals surface area (Å²) in [6.45, 7) is 0.577. The molecular formula is C19H25ClN2O3. The van der Waals surface area contributed by atoms with Gasteiger partial charge in [-0.2, -0.15) is 0 Å². The highest BCUT2D eigenvalue weighted by Gasteiger charge is 2.14. The lowest BCUT2D eigenvalue weighted by molar-refractivity contribution is -0.122. The second kappa shape index (κ2) is 10.6. The van der Waals surface area contributed by atoms with Crippen LogP contribution in [0.1, 0.15) is 23.6 Å². The van der Waals surface area contributed by atoms with Crippen LogP contribution in [0.4, 0.5) is 0 Å². The van der Waals surface area contributed by atoms with Crippen LogP contribution in [0.3, 0.4) is 0 Å². The highest BCUT2D eigenvalue weighted by atomic mass is 35.5. The Bertz CT molecular complexity index is 665. The van der Waals surface area contributed by atoms with Gasteiger partial charge in [-0.1, -0.05) is 36.4 Å². The van der Waals surface area contributed by atoms with E-state index in [1.807, 2.05) is 48.5 Å². The van der Waals surface area contributed by atoms with Crippen LogP contribution < -0.4 is 20.5 Å². The monoisotopic (exact) mass is 364 g/mol. The Balaban J connectivity index is 0.00000312. The van der Waals surface area contributed by atoms with Crippen LogP contribution in [0, 0.1) is 0 Å². The molecule has 0 fully saturated rings. The molecule has 25 heavy (non-hydrogen) atoms. The zero-order valence-electron chi connectivity index (χ0n) is 14.5. The molecule has 0 saturated carbocycles. The summed E-state index contributed by atoms with van der Waals surface area (Å²) in [4.78, 5) is 12.1. The average Bonchev–Trinajstić information content (AvgIpc) is 2.64. The highest BCUT2D eigenvalue weighted by molar-refractivity contribution is 5.85. The van der Waals surface area contributed by atoms with Crippen LogP contribution in [0.25, 0.3) is 0 Å². The molecule has 1 unspecified atom stereocenters. The number of ether oxygens (including phenoxy) is 2. The molecule has 0 aromatic heterocycles. The Morgan fingerprint density at radius 2 is 1.76 bits per heavy atom. The fourth-order valence-corrected chi connectivity index (χ4v) is 2.46. The Hall–Kier alpha value is -2.24. The molecule has 3 N–H and O–H groups in total. The van der Waals surface area contributed by atoms with E-state index in [9.17, 15) is 4.79 Å². The van der Waals surface area contributed by atoms with E-state index in [0.29, 0.717) is 18.0 Å². The summed E-state index contributed by atoms with van der Waals surface area (Å²) in [6.07, 6.45) is 1.66. The number of amides is 1. The van der Waals surface area contributed by atoms with Crippen molar-refractivity contribution in [1.29, 1.82) is 0 Å². The van der Waals surface area contributed by atoms with Gasteiger partial charge in [0.2, 0.25) is 5.91 Å². The van der Waals surface area contributed by atoms with Crippen LogP contribution in [0.5, 0.6) is 11.5 Å². The summed E-state index contributed by atoms with van der Waals surface area (Å²) in [7, 11) is 3.23. The lowest BCUT2D eigenvalue weighted by atomic mass is 10.1. The Morgan fingerprint density at radius 3 is 2.40 bits per heavy atom. The van der Waals surface area contributed by atoms with E-state index >= 15 is 0 Å². The minimum Gasteiger partial charge on any atom is -0.493 e. The molecule has 0 aliphatic rings. The van der Waals surface area contributed by atoms with Crippen LogP contribution in [0.2, 0.25) is 0 Å². The van der Waals surface area contributed by atoms with E-state index in [0.717, 1.165) is 24.0 Å². The molecule has 1 amide bonds. The molecule has 1 atom stereocenters. The first-order valence-electron chi connectivity index (χ1n) is 7.95. The normalized spacial score (nSPS) is 11.2. The SMILES string of the molecule is COc1ccc(CCCNC(=O)C(N)c2ccccc2)cc1OC.Cl. The molecular weight excluding hydrogens is 340 g/mol. The molecule has 5 nitrogen and oxygen atoms in total. The van der Waals surface area contributed by atoms with Crippen molar-refractivity contribution in [1.82, 2.24) is 5.32 Å². The second-order valence-electron chi connectivity index (χ2n) is 5.47. The molecule has 0 radical (unpaired) electrons. The van der Waals surface area contributed by atoms with Gasteiger partial charge in [0.05, 0.1) is 14.2 Å². The first-order valence-corrected chi connectivity index (χ1v) is 7.95. The van der Waals surface area contributed by atoms with Crippen LogP contribution in [0.15, 0.2) is 48.5 Å². The van der Waals surface area contributed by atoms with Gasteiger partial charge in [0.1, 0.15) is 6.04 Å². The quantitative estimate of drug-likeness (QED) is 0.706. The third-order valence-electron chi connectivity index (χ3n) is 3.83. The van der Waals surface area contributed by atoms with E-state index in [4.69, 9.17) is 15.2 Å². The van der Waals surface area contributed by atoms with Gasteiger partial charge < -0.3 is 20.5 Å². The van der Waals surface area contributed by atoms with Gasteiger partial charge in [0, 0.05) is 6.54 Å². The Kier molecular flexibility index (Phi) is 8.81. The van der Waals surface area contributed by atoms with Gasteiger partial charge in [-0.3, -0.25) is 4.79 Å². The second-order valence-corrected chi connectivity index (χ2v) is 5.47. The molecule has 0 aliphatic carbocycles. The molecule has 0 aliphatic heterocycles. The van der Waals surface area contributed by atoms with E-state index in [-0.39, 0.29) is 18.3 Å². The van der Waals surface area contributed by atoms with Crippen LogP contribution >= 0.6 is 12.4 Å². The number of carbonyl (C=O) groups is 1. The molecule has 0 bridgehead atoms. The number of nitrogens with two attached hydrogens (primary N) is 1. The predicted octanol–water partition coefficient (Wildman–Crippen LogP) is 2.87. The van der Waals surface area contributed by atoms with Gasteiger partial charge in [0.25, 0.3) is 0 Å². The average molecular weight is 365 g/mol. The zero-order chi connectivity index (χ0) is 17.4. The highest BCUT2D eigenvalue weighted by Crippen LogP contribution is 2.27. The van der Waals surface area contributed by atoms with Gasteiger partial charge in [-0.15, -0.1) is 12.4 Å². The maximum Gasteiger partial charge on any atom is 0.241 e. The van der Waals surface area contributed by atoms with Crippen molar-refractivity contribution >= 4 is 18.3 Å². The zero-order valence-corrected chi connectivity index (χ0v) is 15.3. The van der Waals surface area contributed by atoms with Crippen LogP contribution in [-0.2, 0) is 11.2 Å². The maximum absolute atomic E-state index is 12.1. The van der Waals surface area contributed by atoms with E-state index in [1.54, 1.807) is 14.2 Å². The van der Waals surface area contributed by atoms with E-state index in [2.05, 4.69) is 5.32 Å². The number of halogens is 1. The third kappa shape index (κ3) is 5.96. The standard InChI is InChI=1S/C19H24N2O3.ClH/c1-23-16-11-10-14(13-17(16)24-2)7-6-12-21-19(22)18(20)15-8-4-3-5-9-15;/h3-5,8-11,13,18H,6-7,12,20H2,1-2H3,(H,21,22);1H. The fourth-order valence-electron chi connectivity index (χ4n) is 2.46. The molecule has 136 valence electrons. The van der Waals surface area contributed by atoms with E-state index < -0.39 is 6.04 Å². The molecule has 2 rings (SSSR count). The van der Waals surface area contributed by atoms with Crippen molar-refractivity contribution in [2.75, 3.05) is 20.8 Å². The first kappa shape index (κ1) is 20.8. The first-order chi connectivity index (χ1) is 11.7. The van der Waals surface area contributed by atoms with Gasteiger partial charge in [-0.25, -0.2) is 0 Å². The minimum absolute atomic E-state index is 0. The minimum atomic E-state index is -0.632. The summed E-state index contributed by atoms with van der Waals surface area (Å²) in [5, 5.41) is 2.88. The van der Waals surface area contributed by atoms with Crippen molar-refractivity contribution in [2.24, 2.45) is 5.73 Å². The number of benzene rings is 2. The summed E-state index contributed by atoms with van der Waals surface area (Å²) in [5.74, 6) is 1.27. The Morgan fingerprint density at radius 1 is 1.08 bits per heavy atom. The molecule has 6 heteroatoms. The topological polar surface area (TPSA) is 73.6 Å². The number of hydrogen-bond acceptors (Lipinski definition) is 4. The Labute approximate surface area is 154 Å². The van der Waals surface area contributed by atoms with Crippen molar-refractivity contribution in [2.45, 2.75) is 18.9 Å². The van der Waals surface area contributed by atoms with Gasteiger partial charge in [-0.05, 0) is 36.1 Å². The smallest absolute Gasteiger partial charge is 0.241 e. The van der Waals surface area contributed by atoms with Crippen molar-refractivity contribution in [3.8, 4) is 11.5 Å². The summed E-state index contributed by atoms with van der Waals surface area (Å²) in [5.41, 5.74) is 7.91. The largest absolute Gasteiger partial charge is 0.493 e. The summed E-state index contributed by atoms with van der Waals surface area (Å²) in [6, 6.07) is 14.6. The number of nitrogens with one attached hydrogen (secondary N) is 1. The third-order valence-corrected chi connectivity index (χ3v) is 3.83. The summed E-state index contributed by atoms with van der Waals surface area (Å²) >= 11 is 0. The lowest BCUT2D eigenvalue weighted by Crippen LogP contribution is -2.34. The molecule has 0 spiro atoms. The summed E-state index contributed by atoms with van der Waals surface area (Å²) < 4.78 is 10.5. The molecule has 2 aromatic carbocycles. The van der Waals surface area contributed by atoms with E-state index in [1.165, 1.54) is 0 Å². The maximum atomic E-state index is 12.1. The van der Waals surface area contributed by atoms with Crippen molar-refractivity contribution in [3.63, 3.8) is 0 Å². The predicted molar refractivity (Wildman–Crippen MR) is 101 cm³/mol. The molecule has 0 heterocycles. The number of carbonyl (C=O) groups excluding carboxylic acids is 1. The number of hydrogen-bond donors (Lipinski definition) is 2. The van der Waals surface area contributed by atoms with Crippen LogP contribution in [-0.4, -0.2) is 26.7 Å². The molecule has 0 saturated heterocycles. The van der Waals surface area contributed by atoms with Crippen molar-refractivity contribution < 1.29 is 14.3 Å². The fraction of sp³-hybridized carbons (Fsp3) is 0.316. The number of methoxy groups -OCH3 is 2. The van der Waals surface area contributed by atoms with Gasteiger partial charge in [0.15, 0.2) is 11.5 Å². The van der Waals surface area contributed by atoms with Gasteiger partial charge >= 0.3 is 0 Å². The number of rotatable bonds is 8. The molecule has 2 aromatic rings. The number of aryl methyl sites for hydroxylation is 1.